The Bertz CT molecular complexity index is 389. The average Bonchev–Trinajstić information content (AvgIpc) is 2.33. The number of nitrogens with one attached hydrogen (secondary N) is 1. The molecule has 0 unspecified atom stereocenters. The molecular weight excluding hydrogens is 280 g/mol. The molecule has 3 N–H and O–H groups in total. The van der Waals surface area contributed by atoms with Gasteiger partial charge in [0.2, 0.25) is 0 Å². The molecule has 94 valence electrons. The summed E-state index contributed by atoms with van der Waals surface area (Å²) < 4.78 is 0.861. The fourth-order valence-corrected chi connectivity index (χ4v) is 2.00. The quantitative estimate of drug-likeness (QED) is 0.820. The third-order valence-electron chi connectivity index (χ3n) is 2.97. The Balaban J connectivity index is 2.66. The molecule has 0 aromatic heterocycles. The van der Waals surface area contributed by atoms with Crippen molar-refractivity contribution in [2.24, 2.45) is 5.92 Å². The first-order valence-corrected chi connectivity index (χ1v) is 6.71. The lowest BCUT2D eigenvalue weighted by Gasteiger charge is -2.14. The van der Waals surface area contributed by atoms with Crippen molar-refractivity contribution in [2.75, 3.05) is 12.3 Å². The number of hydrogen-bond donors (Lipinski definition) is 2. The molecule has 0 aliphatic rings. The zero-order valence-corrected chi connectivity index (χ0v) is 11.9. The number of rotatable bonds is 5. The number of benzene rings is 1. The van der Waals surface area contributed by atoms with Gasteiger partial charge in [-0.05, 0) is 24.1 Å². The second kappa shape index (κ2) is 6.64. The van der Waals surface area contributed by atoms with E-state index in [9.17, 15) is 4.79 Å². The van der Waals surface area contributed by atoms with Gasteiger partial charge >= 0.3 is 0 Å². The van der Waals surface area contributed by atoms with Crippen LogP contribution in [0.25, 0.3) is 0 Å². The normalized spacial score (nSPS) is 10.6. The van der Waals surface area contributed by atoms with Gasteiger partial charge in [-0.15, -0.1) is 0 Å². The van der Waals surface area contributed by atoms with E-state index in [1.807, 2.05) is 6.07 Å². The van der Waals surface area contributed by atoms with E-state index in [4.69, 9.17) is 5.73 Å². The first kappa shape index (κ1) is 14.0. The molecule has 3 nitrogen and oxygen atoms in total. The minimum atomic E-state index is -0.101. The fourth-order valence-electron chi connectivity index (χ4n) is 1.63. The highest BCUT2D eigenvalue weighted by Crippen LogP contribution is 2.18. The lowest BCUT2D eigenvalue weighted by molar-refractivity contribution is 0.0947. The molecule has 17 heavy (non-hydrogen) atoms. The van der Waals surface area contributed by atoms with E-state index in [1.165, 1.54) is 0 Å². The summed E-state index contributed by atoms with van der Waals surface area (Å²) in [7, 11) is 0. The Morgan fingerprint density at radius 3 is 2.65 bits per heavy atom. The van der Waals surface area contributed by atoms with E-state index >= 15 is 0 Å². The molecule has 1 aromatic rings. The van der Waals surface area contributed by atoms with Crippen molar-refractivity contribution < 1.29 is 4.79 Å². The first-order chi connectivity index (χ1) is 8.08. The number of anilines is 1. The van der Waals surface area contributed by atoms with Gasteiger partial charge in [-0.1, -0.05) is 42.6 Å². The van der Waals surface area contributed by atoms with Crippen LogP contribution in [0.4, 0.5) is 5.69 Å². The number of nitrogens with two attached hydrogens (primary N) is 1. The monoisotopic (exact) mass is 298 g/mol. The summed E-state index contributed by atoms with van der Waals surface area (Å²) in [5, 5.41) is 2.93. The Morgan fingerprint density at radius 2 is 2.06 bits per heavy atom. The molecule has 4 heteroatoms. The summed E-state index contributed by atoms with van der Waals surface area (Å²) in [6.07, 6.45) is 2.15. The molecule has 0 atom stereocenters. The van der Waals surface area contributed by atoms with Gasteiger partial charge in [-0.2, -0.15) is 0 Å². The van der Waals surface area contributed by atoms with Crippen molar-refractivity contribution in [3.05, 3.63) is 28.2 Å². The summed E-state index contributed by atoms with van der Waals surface area (Å²) in [6, 6.07) is 5.31. The molecule has 0 bridgehead atoms. The van der Waals surface area contributed by atoms with Crippen LogP contribution < -0.4 is 11.1 Å². The molecule has 0 aliphatic heterocycles. The van der Waals surface area contributed by atoms with E-state index in [2.05, 4.69) is 35.1 Å². The second-order valence-corrected chi connectivity index (χ2v) is 5.04. The minimum Gasteiger partial charge on any atom is -0.398 e. The molecule has 0 aliphatic carbocycles. The molecule has 1 aromatic carbocycles. The summed E-state index contributed by atoms with van der Waals surface area (Å²) >= 11 is 3.34. The molecule has 0 spiro atoms. The number of carbonyl (C=O) groups is 1. The Kier molecular flexibility index (Phi) is 5.48. The Morgan fingerprint density at radius 1 is 1.41 bits per heavy atom. The highest BCUT2D eigenvalue weighted by Gasteiger charge is 2.11. The van der Waals surface area contributed by atoms with Crippen molar-refractivity contribution in [1.29, 1.82) is 0 Å². The lowest BCUT2D eigenvalue weighted by Crippen LogP contribution is -2.29. The summed E-state index contributed by atoms with van der Waals surface area (Å²) in [5.74, 6) is 0.433. The topological polar surface area (TPSA) is 55.1 Å². The SMILES string of the molecule is CCC(CC)CNC(=O)c1cc(Br)ccc1N. The predicted octanol–water partition coefficient (Wildman–Crippen LogP) is 3.20. The Labute approximate surface area is 111 Å². The zero-order valence-electron chi connectivity index (χ0n) is 10.3. The van der Waals surface area contributed by atoms with Gasteiger partial charge in [0.05, 0.1) is 5.56 Å². The number of carbonyl (C=O) groups excluding carboxylic acids is 1. The number of amides is 1. The molecule has 0 saturated carbocycles. The van der Waals surface area contributed by atoms with E-state index in [0.29, 0.717) is 23.7 Å². The van der Waals surface area contributed by atoms with E-state index in [-0.39, 0.29) is 5.91 Å². The number of halogens is 1. The van der Waals surface area contributed by atoms with Crippen molar-refractivity contribution in [3.8, 4) is 0 Å². The van der Waals surface area contributed by atoms with Crippen LogP contribution >= 0.6 is 15.9 Å². The van der Waals surface area contributed by atoms with E-state index in [1.54, 1.807) is 12.1 Å². The third kappa shape index (κ3) is 4.04. The lowest BCUT2D eigenvalue weighted by atomic mass is 10.0. The largest absolute Gasteiger partial charge is 0.398 e. The van der Waals surface area contributed by atoms with Crippen LogP contribution in [-0.4, -0.2) is 12.5 Å². The molecule has 1 amide bonds. The van der Waals surface area contributed by atoms with Crippen LogP contribution in [0.15, 0.2) is 22.7 Å². The smallest absolute Gasteiger partial charge is 0.253 e. The van der Waals surface area contributed by atoms with Crippen molar-refractivity contribution in [2.45, 2.75) is 26.7 Å². The second-order valence-electron chi connectivity index (χ2n) is 4.12. The van der Waals surface area contributed by atoms with Gasteiger partial charge in [0, 0.05) is 16.7 Å². The van der Waals surface area contributed by atoms with E-state index < -0.39 is 0 Å². The van der Waals surface area contributed by atoms with Crippen LogP contribution in [0.3, 0.4) is 0 Å². The summed E-state index contributed by atoms with van der Waals surface area (Å²) in [5.41, 5.74) is 6.82. The Hall–Kier alpha value is -1.03. The number of nitrogen functional groups attached to an aromatic ring is 1. The van der Waals surface area contributed by atoms with Crippen LogP contribution in [0.5, 0.6) is 0 Å². The molecule has 1 rings (SSSR count). The van der Waals surface area contributed by atoms with E-state index in [0.717, 1.165) is 17.3 Å². The molecule has 0 saturated heterocycles. The van der Waals surface area contributed by atoms with Gasteiger partial charge < -0.3 is 11.1 Å². The first-order valence-electron chi connectivity index (χ1n) is 5.91. The molecule has 0 heterocycles. The fraction of sp³-hybridized carbons (Fsp3) is 0.462. The van der Waals surface area contributed by atoms with Crippen LogP contribution in [0.1, 0.15) is 37.0 Å². The minimum absolute atomic E-state index is 0.101. The van der Waals surface area contributed by atoms with Gasteiger partial charge in [-0.25, -0.2) is 0 Å². The highest BCUT2D eigenvalue weighted by molar-refractivity contribution is 9.10. The maximum Gasteiger partial charge on any atom is 0.253 e. The molecule has 0 radical (unpaired) electrons. The van der Waals surface area contributed by atoms with Crippen molar-refractivity contribution in [3.63, 3.8) is 0 Å². The predicted molar refractivity (Wildman–Crippen MR) is 75.0 cm³/mol. The summed E-state index contributed by atoms with van der Waals surface area (Å²) in [6.45, 7) is 4.97. The van der Waals surface area contributed by atoms with Gasteiger partial charge in [-0.3, -0.25) is 4.79 Å². The highest BCUT2D eigenvalue weighted by atomic mass is 79.9. The third-order valence-corrected chi connectivity index (χ3v) is 3.46. The van der Waals surface area contributed by atoms with Crippen LogP contribution in [0.2, 0.25) is 0 Å². The standard InChI is InChI=1S/C13H19BrN2O/c1-3-9(4-2)8-16-13(17)11-7-10(14)5-6-12(11)15/h5-7,9H,3-4,8,15H2,1-2H3,(H,16,17). The average molecular weight is 299 g/mol. The summed E-state index contributed by atoms with van der Waals surface area (Å²) in [4.78, 5) is 11.9. The maximum absolute atomic E-state index is 11.9. The van der Waals surface area contributed by atoms with Crippen molar-refractivity contribution >= 4 is 27.5 Å². The van der Waals surface area contributed by atoms with Gasteiger partial charge in [0.25, 0.3) is 5.91 Å². The van der Waals surface area contributed by atoms with Crippen molar-refractivity contribution in [1.82, 2.24) is 5.32 Å². The number of hydrogen-bond acceptors (Lipinski definition) is 2. The van der Waals surface area contributed by atoms with Crippen LogP contribution in [-0.2, 0) is 0 Å². The molecular formula is C13H19BrN2O. The van der Waals surface area contributed by atoms with Gasteiger partial charge in [0.15, 0.2) is 0 Å². The maximum atomic E-state index is 11.9. The van der Waals surface area contributed by atoms with Crippen LogP contribution in [0, 0.1) is 5.92 Å². The van der Waals surface area contributed by atoms with Gasteiger partial charge in [0.1, 0.15) is 0 Å². The zero-order chi connectivity index (χ0) is 12.8. The molecule has 0 fully saturated rings.